The van der Waals surface area contributed by atoms with Crippen LogP contribution < -0.4 is 5.73 Å². The number of carboxylic acids is 1. The first-order chi connectivity index (χ1) is 7.49. The van der Waals surface area contributed by atoms with Crippen molar-refractivity contribution < 1.29 is 9.90 Å². The lowest BCUT2D eigenvalue weighted by Gasteiger charge is -2.05. The molecule has 2 aromatic rings. The van der Waals surface area contributed by atoms with Gasteiger partial charge < -0.3 is 10.8 Å². The number of nitrogens with zero attached hydrogens (tertiary/aromatic N) is 1. The Labute approximate surface area is 96.7 Å². The summed E-state index contributed by atoms with van der Waals surface area (Å²) in [5.41, 5.74) is 7.37. The van der Waals surface area contributed by atoms with Gasteiger partial charge in [-0.15, -0.1) is 11.3 Å². The highest BCUT2D eigenvalue weighted by Crippen LogP contribution is 2.30. The highest BCUT2D eigenvalue weighted by molar-refractivity contribution is 7.20. The average Bonchev–Trinajstić information content (AvgIpc) is 2.61. The lowest BCUT2D eigenvalue weighted by Crippen LogP contribution is -1.95. The molecule has 4 nitrogen and oxygen atoms in total. The van der Waals surface area contributed by atoms with Gasteiger partial charge in [-0.25, -0.2) is 9.78 Å². The normalized spacial score (nSPS) is 11.2. The highest BCUT2D eigenvalue weighted by Gasteiger charge is 2.13. The summed E-state index contributed by atoms with van der Waals surface area (Å²) in [5.74, 6) is -0.657. The molecule has 84 valence electrons. The molecule has 0 saturated carbocycles. The van der Waals surface area contributed by atoms with E-state index >= 15 is 0 Å². The first-order valence-corrected chi connectivity index (χ1v) is 5.74. The zero-order valence-corrected chi connectivity index (χ0v) is 9.84. The molecule has 0 unspecified atom stereocenters. The molecule has 0 radical (unpaired) electrons. The molecule has 0 aliphatic rings. The number of aromatic carboxylic acids is 1. The molecule has 0 aliphatic heterocycles. The summed E-state index contributed by atoms with van der Waals surface area (Å²) in [5, 5.41) is 9.63. The number of carbonyl (C=O) groups is 1. The summed E-state index contributed by atoms with van der Waals surface area (Å²) in [6, 6.07) is 3.39. The molecule has 0 atom stereocenters. The van der Waals surface area contributed by atoms with Gasteiger partial charge in [0.25, 0.3) is 0 Å². The fourth-order valence-electron chi connectivity index (χ4n) is 1.46. The van der Waals surface area contributed by atoms with Crippen LogP contribution >= 0.6 is 11.3 Å². The Balaban J connectivity index is 2.68. The van der Waals surface area contributed by atoms with Crippen molar-refractivity contribution in [3.63, 3.8) is 0 Å². The highest BCUT2D eigenvalue weighted by atomic mass is 32.1. The number of nitrogens with two attached hydrogens (primary N) is 1. The number of hydrogen-bond donors (Lipinski definition) is 2. The van der Waals surface area contributed by atoms with Crippen molar-refractivity contribution >= 4 is 33.2 Å². The maximum Gasteiger partial charge on any atom is 0.345 e. The molecule has 0 aliphatic carbocycles. The van der Waals surface area contributed by atoms with Gasteiger partial charge in [0.15, 0.2) is 0 Å². The SMILES string of the molecule is CC(C)c1cc(N)c2cc(C(=O)O)sc2n1. The number of fused-ring (bicyclic) bond motifs is 1. The van der Waals surface area contributed by atoms with Gasteiger partial charge in [0.2, 0.25) is 0 Å². The molecule has 5 heteroatoms. The summed E-state index contributed by atoms with van der Waals surface area (Å²) in [4.78, 5) is 16.2. The van der Waals surface area contributed by atoms with Gasteiger partial charge in [0.1, 0.15) is 9.71 Å². The first-order valence-electron chi connectivity index (χ1n) is 4.92. The molecule has 16 heavy (non-hydrogen) atoms. The standard InChI is InChI=1S/C11H12N2O2S/c1-5(2)8-4-7(12)6-3-9(11(14)15)16-10(6)13-8/h3-5H,1-2H3,(H2,12,13)(H,14,15). The van der Waals surface area contributed by atoms with Crippen LogP contribution in [-0.4, -0.2) is 16.1 Å². The Morgan fingerprint density at radius 2 is 2.19 bits per heavy atom. The van der Waals surface area contributed by atoms with E-state index < -0.39 is 5.97 Å². The van der Waals surface area contributed by atoms with E-state index in [1.54, 1.807) is 6.07 Å². The maximum atomic E-state index is 10.8. The molecular formula is C11H12N2O2S. The van der Waals surface area contributed by atoms with E-state index in [1.165, 1.54) is 0 Å². The minimum absolute atomic E-state index is 0.273. The topological polar surface area (TPSA) is 76.2 Å². The molecule has 0 aromatic carbocycles. The van der Waals surface area contributed by atoms with Crippen LogP contribution in [0.3, 0.4) is 0 Å². The molecule has 0 saturated heterocycles. The number of hydrogen-bond acceptors (Lipinski definition) is 4. The predicted octanol–water partition coefficient (Wildman–Crippen LogP) is 2.70. The number of aromatic nitrogens is 1. The Morgan fingerprint density at radius 3 is 2.75 bits per heavy atom. The van der Waals surface area contributed by atoms with Gasteiger partial charge in [-0.05, 0) is 18.1 Å². The van der Waals surface area contributed by atoms with Crippen LogP contribution in [0, 0.1) is 0 Å². The van der Waals surface area contributed by atoms with Crippen molar-refractivity contribution in [3.05, 3.63) is 22.7 Å². The van der Waals surface area contributed by atoms with Crippen LogP contribution in [0.1, 0.15) is 35.1 Å². The zero-order valence-electron chi connectivity index (χ0n) is 9.02. The van der Waals surface area contributed by atoms with E-state index in [1.807, 2.05) is 19.9 Å². The maximum absolute atomic E-state index is 10.8. The Morgan fingerprint density at radius 1 is 1.50 bits per heavy atom. The number of nitrogen functional groups attached to an aromatic ring is 1. The van der Waals surface area contributed by atoms with Crippen molar-refractivity contribution in [2.24, 2.45) is 0 Å². The van der Waals surface area contributed by atoms with Crippen LogP contribution in [0.5, 0.6) is 0 Å². The second kappa shape index (κ2) is 3.75. The molecule has 0 bridgehead atoms. The van der Waals surface area contributed by atoms with Crippen LogP contribution in [0.15, 0.2) is 12.1 Å². The number of carboxylic acid groups (broad SMARTS) is 1. The summed E-state index contributed by atoms with van der Waals surface area (Å²) < 4.78 is 0. The van der Waals surface area contributed by atoms with Gasteiger partial charge in [0.05, 0.1) is 0 Å². The lowest BCUT2D eigenvalue weighted by molar-refractivity contribution is 0.0702. The van der Waals surface area contributed by atoms with E-state index in [0.717, 1.165) is 22.4 Å². The largest absolute Gasteiger partial charge is 0.477 e. The quantitative estimate of drug-likeness (QED) is 0.840. The Bertz CT molecular complexity index is 560. The predicted molar refractivity (Wildman–Crippen MR) is 65.1 cm³/mol. The summed E-state index contributed by atoms with van der Waals surface area (Å²) in [7, 11) is 0. The Kier molecular flexibility index (Phi) is 2.55. The third kappa shape index (κ3) is 1.74. The molecule has 2 heterocycles. The second-order valence-corrected chi connectivity index (χ2v) is 4.96. The van der Waals surface area contributed by atoms with Gasteiger partial charge in [-0.3, -0.25) is 0 Å². The first kappa shape index (κ1) is 10.9. The van der Waals surface area contributed by atoms with Crippen LogP contribution in [-0.2, 0) is 0 Å². The molecule has 3 N–H and O–H groups in total. The fourth-order valence-corrected chi connectivity index (χ4v) is 2.37. The van der Waals surface area contributed by atoms with Crippen molar-refractivity contribution in [1.29, 1.82) is 0 Å². The van der Waals surface area contributed by atoms with Gasteiger partial charge in [-0.2, -0.15) is 0 Å². The average molecular weight is 236 g/mol. The zero-order chi connectivity index (χ0) is 11.9. The number of anilines is 1. The Hall–Kier alpha value is -1.62. The van der Waals surface area contributed by atoms with E-state index in [9.17, 15) is 4.79 Å². The van der Waals surface area contributed by atoms with E-state index in [-0.39, 0.29) is 10.8 Å². The third-order valence-electron chi connectivity index (χ3n) is 2.36. The monoisotopic (exact) mass is 236 g/mol. The van der Waals surface area contributed by atoms with Gasteiger partial charge in [-0.1, -0.05) is 13.8 Å². The van der Waals surface area contributed by atoms with Crippen molar-refractivity contribution in [3.8, 4) is 0 Å². The van der Waals surface area contributed by atoms with Crippen molar-refractivity contribution in [1.82, 2.24) is 4.98 Å². The third-order valence-corrected chi connectivity index (χ3v) is 3.38. The van der Waals surface area contributed by atoms with E-state index in [2.05, 4.69) is 4.98 Å². The van der Waals surface area contributed by atoms with Gasteiger partial charge >= 0.3 is 5.97 Å². The molecular weight excluding hydrogens is 224 g/mol. The molecule has 0 spiro atoms. The van der Waals surface area contributed by atoms with Crippen LogP contribution in [0.25, 0.3) is 10.2 Å². The molecule has 2 aromatic heterocycles. The minimum Gasteiger partial charge on any atom is -0.477 e. The molecule has 0 fully saturated rings. The summed E-state index contributed by atoms with van der Waals surface area (Å²) >= 11 is 1.16. The van der Waals surface area contributed by atoms with Crippen LogP contribution in [0.4, 0.5) is 5.69 Å². The smallest absolute Gasteiger partial charge is 0.345 e. The summed E-state index contributed by atoms with van der Waals surface area (Å²) in [6.07, 6.45) is 0. The van der Waals surface area contributed by atoms with Crippen LogP contribution in [0.2, 0.25) is 0 Å². The van der Waals surface area contributed by atoms with Crippen molar-refractivity contribution in [2.75, 3.05) is 5.73 Å². The number of thiophene rings is 1. The second-order valence-electron chi connectivity index (χ2n) is 3.93. The molecule has 2 rings (SSSR count). The van der Waals surface area contributed by atoms with Gasteiger partial charge in [0, 0.05) is 16.8 Å². The van der Waals surface area contributed by atoms with E-state index in [0.29, 0.717) is 10.5 Å². The van der Waals surface area contributed by atoms with Crippen molar-refractivity contribution in [2.45, 2.75) is 19.8 Å². The fraction of sp³-hybridized carbons (Fsp3) is 0.273. The minimum atomic E-state index is -0.937. The number of rotatable bonds is 2. The van der Waals surface area contributed by atoms with E-state index in [4.69, 9.17) is 10.8 Å². The lowest BCUT2D eigenvalue weighted by atomic mass is 10.1. The molecule has 0 amide bonds. The number of pyridine rings is 1. The summed E-state index contributed by atoms with van der Waals surface area (Å²) in [6.45, 7) is 4.05.